The zero-order valence-corrected chi connectivity index (χ0v) is 24.7. The molecule has 0 spiro atoms. The van der Waals surface area contributed by atoms with Crippen LogP contribution >= 0.6 is 27.7 Å². The van der Waals surface area contributed by atoms with Crippen LogP contribution in [-0.2, 0) is 15.0 Å². The maximum absolute atomic E-state index is 15.0. The molecule has 1 amide bonds. The minimum Gasteiger partial charge on any atom is -0.443 e. The van der Waals surface area contributed by atoms with Crippen LogP contribution in [0.25, 0.3) is 0 Å². The molecule has 1 aromatic carbocycles. The number of rotatable bonds is 7. The summed E-state index contributed by atoms with van der Waals surface area (Å²) in [6.07, 6.45) is -3.26. The molecular weight excluding hydrogens is 561 g/mol. The SMILES string of the molecule is CC(C)(C)OC(=O)N(COCC[Si](C)(C)C)C1=N[C@](C)(c2cc(Br)ccc2F)[C@@H]2C[C@]2(C(F)F)S1. The maximum atomic E-state index is 15.0. The first-order valence-electron chi connectivity index (χ1n) is 11.6. The van der Waals surface area contributed by atoms with Gasteiger partial charge in [0.05, 0.1) is 10.3 Å². The van der Waals surface area contributed by atoms with Gasteiger partial charge < -0.3 is 9.47 Å². The zero-order chi connectivity index (χ0) is 26.4. The van der Waals surface area contributed by atoms with Gasteiger partial charge in [0.1, 0.15) is 18.1 Å². The molecule has 1 fully saturated rings. The summed E-state index contributed by atoms with van der Waals surface area (Å²) in [5, 5.41) is 0.0585. The molecule has 1 aliphatic carbocycles. The van der Waals surface area contributed by atoms with E-state index in [9.17, 15) is 18.0 Å². The molecule has 0 radical (unpaired) electrons. The summed E-state index contributed by atoms with van der Waals surface area (Å²) in [4.78, 5) is 19.1. The van der Waals surface area contributed by atoms with E-state index in [1.807, 2.05) is 0 Å². The average molecular weight is 596 g/mol. The minimum absolute atomic E-state index is 0.0585. The van der Waals surface area contributed by atoms with Crippen LogP contribution in [0.1, 0.15) is 39.7 Å². The quantitative estimate of drug-likeness (QED) is 0.186. The third kappa shape index (κ3) is 6.45. The van der Waals surface area contributed by atoms with Gasteiger partial charge in [-0.25, -0.2) is 22.9 Å². The molecule has 1 aliphatic heterocycles. The molecule has 0 unspecified atom stereocenters. The summed E-state index contributed by atoms with van der Waals surface area (Å²) in [5.41, 5.74) is -1.89. The fourth-order valence-corrected chi connectivity index (χ4v) is 6.73. The lowest BCUT2D eigenvalue weighted by Crippen LogP contribution is -2.46. The molecule has 5 nitrogen and oxygen atoms in total. The first kappa shape index (κ1) is 28.5. The Balaban J connectivity index is 2.02. The molecule has 196 valence electrons. The number of amides is 1. The number of alkyl halides is 2. The van der Waals surface area contributed by atoms with E-state index in [2.05, 4.69) is 35.6 Å². The van der Waals surface area contributed by atoms with Crippen LogP contribution in [0.3, 0.4) is 0 Å². The number of aliphatic imine (C=N–C) groups is 1. The highest BCUT2D eigenvalue weighted by atomic mass is 79.9. The van der Waals surface area contributed by atoms with Gasteiger partial charge in [-0.3, -0.25) is 4.99 Å². The van der Waals surface area contributed by atoms with Crippen molar-refractivity contribution in [2.45, 2.75) is 82.1 Å². The second kappa shape index (κ2) is 10.0. The van der Waals surface area contributed by atoms with Crippen molar-refractivity contribution in [1.82, 2.24) is 4.90 Å². The molecule has 35 heavy (non-hydrogen) atoms. The summed E-state index contributed by atoms with van der Waals surface area (Å²) >= 11 is 4.22. The molecule has 1 saturated carbocycles. The normalized spacial score (nSPS) is 26.3. The molecule has 1 heterocycles. The van der Waals surface area contributed by atoms with Crippen LogP contribution < -0.4 is 0 Å². The number of benzene rings is 1. The number of hydrogen-bond acceptors (Lipinski definition) is 5. The zero-order valence-electron chi connectivity index (χ0n) is 21.3. The monoisotopic (exact) mass is 594 g/mol. The van der Waals surface area contributed by atoms with Crippen molar-refractivity contribution in [1.29, 1.82) is 0 Å². The van der Waals surface area contributed by atoms with Gasteiger partial charge in [0.15, 0.2) is 5.17 Å². The van der Waals surface area contributed by atoms with E-state index in [0.29, 0.717) is 11.1 Å². The van der Waals surface area contributed by atoms with E-state index in [0.717, 1.165) is 17.8 Å². The highest BCUT2D eigenvalue weighted by Crippen LogP contribution is 2.68. The summed E-state index contributed by atoms with van der Waals surface area (Å²) in [6, 6.07) is 5.29. The second-order valence-corrected chi connectivity index (χ2v) is 19.4. The standard InChI is InChI=1S/C24H34BrF3N2O3SSi/c1-22(2,3)33-21(31)30(14-32-10-11-35(5,6)7)20-29-23(4,16-12-15(25)8-9-17(16)26)18-13-24(18,34-20)19(27)28/h8-9,12,18-19H,10-11,13-14H2,1-7H3/t18-,23+,24-/m0/s1. The third-order valence-corrected chi connectivity index (χ3v) is 9.85. The van der Waals surface area contributed by atoms with Crippen LogP contribution in [0, 0.1) is 11.7 Å². The molecule has 3 atom stereocenters. The van der Waals surface area contributed by atoms with Crippen molar-refractivity contribution in [2.24, 2.45) is 10.9 Å². The lowest BCUT2D eigenvalue weighted by molar-refractivity contribution is 0.0108. The van der Waals surface area contributed by atoms with E-state index in [1.165, 1.54) is 11.0 Å². The van der Waals surface area contributed by atoms with Gasteiger partial charge >= 0.3 is 6.09 Å². The van der Waals surface area contributed by atoms with Crippen LogP contribution in [0.2, 0.25) is 25.7 Å². The number of carbonyl (C=O) groups is 1. The second-order valence-electron chi connectivity index (χ2n) is 11.5. The maximum Gasteiger partial charge on any atom is 0.418 e. The number of fused-ring (bicyclic) bond motifs is 1. The van der Waals surface area contributed by atoms with Crippen molar-refractivity contribution in [3.8, 4) is 0 Å². The number of thioether (sulfide) groups is 1. The van der Waals surface area contributed by atoms with Crippen LogP contribution in [-0.4, -0.2) is 54.3 Å². The average Bonchev–Trinajstić information content (AvgIpc) is 3.45. The Morgan fingerprint density at radius 2 is 2.00 bits per heavy atom. The largest absolute Gasteiger partial charge is 0.443 e. The van der Waals surface area contributed by atoms with Gasteiger partial charge in [-0.15, -0.1) is 0 Å². The third-order valence-electron chi connectivity index (χ3n) is 6.15. The number of ether oxygens (including phenoxy) is 2. The molecule has 3 rings (SSSR count). The molecule has 0 bridgehead atoms. The molecule has 2 aliphatic rings. The van der Waals surface area contributed by atoms with E-state index >= 15 is 0 Å². The summed E-state index contributed by atoms with van der Waals surface area (Å²) in [5.74, 6) is -1.11. The van der Waals surface area contributed by atoms with Crippen LogP contribution in [0.15, 0.2) is 27.7 Å². The number of hydrogen-bond donors (Lipinski definition) is 0. The van der Waals surface area contributed by atoms with E-state index in [-0.39, 0.29) is 23.9 Å². The van der Waals surface area contributed by atoms with E-state index in [4.69, 9.17) is 14.5 Å². The van der Waals surface area contributed by atoms with Gasteiger partial charge in [0.2, 0.25) is 0 Å². The Hall–Kier alpha value is -1.04. The lowest BCUT2D eigenvalue weighted by Gasteiger charge is -2.38. The van der Waals surface area contributed by atoms with Gasteiger partial charge in [-0.1, -0.05) is 47.3 Å². The first-order valence-corrected chi connectivity index (χ1v) is 16.9. The minimum atomic E-state index is -2.68. The highest BCUT2D eigenvalue weighted by Gasteiger charge is 2.71. The van der Waals surface area contributed by atoms with E-state index < -0.39 is 48.2 Å². The molecule has 0 saturated heterocycles. The fraction of sp³-hybridized carbons (Fsp3) is 0.667. The van der Waals surface area contributed by atoms with Crippen molar-refractivity contribution >= 4 is 47.0 Å². The predicted molar refractivity (Wildman–Crippen MR) is 140 cm³/mol. The molecule has 0 N–H and O–H groups in total. The van der Waals surface area contributed by atoms with Crippen LogP contribution in [0.4, 0.5) is 18.0 Å². The van der Waals surface area contributed by atoms with Crippen molar-refractivity contribution in [3.05, 3.63) is 34.1 Å². The summed E-state index contributed by atoms with van der Waals surface area (Å²) in [6.45, 7) is 13.7. The van der Waals surface area contributed by atoms with Crippen LogP contribution in [0.5, 0.6) is 0 Å². The van der Waals surface area contributed by atoms with Crippen molar-refractivity contribution < 1.29 is 27.4 Å². The Morgan fingerprint density at radius 3 is 2.57 bits per heavy atom. The number of amidine groups is 1. The highest BCUT2D eigenvalue weighted by molar-refractivity contribution is 9.10. The predicted octanol–water partition coefficient (Wildman–Crippen LogP) is 7.48. The number of nitrogens with zero attached hydrogens (tertiary/aromatic N) is 2. The van der Waals surface area contributed by atoms with Gasteiger partial charge in [-0.05, 0) is 58.4 Å². The Kier molecular flexibility index (Phi) is 8.17. The van der Waals surface area contributed by atoms with Gasteiger partial charge in [0.25, 0.3) is 6.43 Å². The molecule has 0 aromatic heterocycles. The summed E-state index contributed by atoms with van der Waals surface area (Å²) < 4.78 is 54.3. The van der Waals surface area contributed by atoms with Crippen molar-refractivity contribution in [2.75, 3.05) is 13.3 Å². The first-order chi connectivity index (χ1) is 16.0. The molecular formula is C24H34BrF3N2O3SSi. The van der Waals surface area contributed by atoms with Gasteiger partial charge in [-0.2, -0.15) is 0 Å². The Bertz CT molecular complexity index is 1000. The number of halogens is 4. The number of carbonyl (C=O) groups excluding carboxylic acids is 1. The Labute approximate surface area is 219 Å². The van der Waals surface area contributed by atoms with Gasteiger partial charge in [0, 0.05) is 30.6 Å². The smallest absolute Gasteiger partial charge is 0.418 e. The Morgan fingerprint density at radius 1 is 1.34 bits per heavy atom. The van der Waals surface area contributed by atoms with Crippen molar-refractivity contribution in [3.63, 3.8) is 0 Å². The fourth-order valence-electron chi connectivity index (χ4n) is 4.09. The summed E-state index contributed by atoms with van der Waals surface area (Å²) in [7, 11) is -1.38. The molecule has 11 heteroatoms. The van der Waals surface area contributed by atoms with E-state index in [1.54, 1.807) is 39.8 Å². The lowest BCUT2D eigenvalue weighted by atomic mass is 9.86. The molecule has 1 aromatic rings. The topological polar surface area (TPSA) is 51.1 Å².